The fraction of sp³-hybridized carbons (Fsp3) is 0.375. The van der Waals surface area contributed by atoms with Gasteiger partial charge in [-0.2, -0.15) is 10.5 Å². The summed E-state index contributed by atoms with van der Waals surface area (Å²) in [5.41, 5.74) is 2.24. The van der Waals surface area contributed by atoms with Gasteiger partial charge >= 0.3 is 0 Å². The lowest BCUT2D eigenvalue weighted by molar-refractivity contribution is 0.324. The summed E-state index contributed by atoms with van der Waals surface area (Å²) in [7, 11) is 3.26. The van der Waals surface area contributed by atoms with Crippen molar-refractivity contribution < 1.29 is 9.47 Å². The summed E-state index contributed by atoms with van der Waals surface area (Å²) < 4.78 is 10.6. The minimum atomic E-state index is 0.249. The topological polar surface area (TPSA) is 69.3 Å². The lowest BCUT2D eigenvalue weighted by Crippen LogP contribution is -2.19. The second-order valence-corrected chi connectivity index (χ2v) is 4.84. The number of methoxy groups -OCH3 is 2. The van der Waals surface area contributed by atoms with Gasteiger partial charge in [-0.1, -0.05) is 6.07 Å². The van der Waals surface area contributed by atoms with Crippen LogP contribution in [0.15, 0.2) is 29.3 Å². The molecule has 0 atom stereocenters. The average Bonchev–Trinajstić information content (AvgIpc) is 2.97. The van der Waals surface area contributed by atoms with Gasteiger partial charge in [0.05, 0.1) is 14.2 Å². The Labute approximate surface area is 124 Å². The summed E-state index contributed by atoms with van der Waals surface area (Å²) in [5, 5.41) is 17.8. The van der Waals surface area contributed by atoms with Gasteiger partial charge in [-0.15, -0.1) is 0 Å². The van der Waals surface area contributed by atoms with Crippen LogP contribution in [0.2, 0.25) is 0 Å². The molecule has 1 aromatic rings. The summed E-state index contributed by atoms with van der Waals surface area (Å²) in [4.78, 5) is 2.20. The van der Waals surface area contributed by atoms with Gasteiger partial charge in [0.1, 0.15) is 29.2 Å². The molecule has 0 spiro atoms. The number of likely N-dealkylation sites (tertiary alicyclic amines) is 1. The van der Waals surface area contributed by atoms with E-state index in [2.05, 4.69) is 4.90 Å². The van der Waals surface area contributed by atoms with Crippen molar-refractivity contribution >= 4 is 0 Å². The molecule has 0 unspecified atom stereocenters. The molecule has 0 saturated carbocycles. The third-order valence-corrected chi connectivity index (χ3v) is 3.61. The molecule has 0 amide bonds. The number of rotatable bonds is 4. The van der Waals surface area contributed by atoms with Crippen LogP contribution in [0.25, 0.3) is 0 Å². The molecule has 0 radical (unpaired) electrons. The second-order valence-electron chi connectivity index (χ2n) is 4.84. The average molecular weight is 283 g/mol. The van der Waals surface area contributed by atoms with Crippen LogP contribution >= 0.6 is 0 Å². The second kappa shape index (κ2) is 6.78. The highest BCUT2D eigenvalue weighted by atomic mass is 16.5. The predicted molar refractivity (Wildman–Crippen MR) is 77.7 cm³/mol. The number of ether oxygens (including phenoxy) is 2. The zero-order valence-electron chi connectivity index (χ0n) is 12.2. The Hall–Kier alpha value is -2.50. The molecule has 5 nitrogen and oxygen atoms in total. The van der Waals surface area contributed by atoms with E-state index in [1.54, 1.807) is 14.2 Å². The van der Waals surface area contributed by atoms with Crippen LogP contribution in [-0.4, -0.2) is 32.2 Å². The van der Waals surface area contributed by atoms with E-state index in [9.17, 15) is 0 Å². The third-order valence-electron chi connectivity index (χ3n) is 3.61. The van der Waals surface area contributed by atoms with E-state index in [0.717, 1.165) is 42.1 Å². The Morgan fingerprint density at radius 2 is 2.00 bits per heavy atom. The van der Waals surface area contributed by atoms with Gasteiger partial charge in [0, 0.05) is 31.3 Å². The maximum absolute atomic E-state index is 8.92. The standard InChI is InChI=1S/C16H17N3O2/c1-20-15-4-3-13(16(7-15)21-2)11-19-6-5-12(10-19)14(8-17)9-18/h3-4,7H,5-6,10-11H2,1-2H3. The molecule has 0 aromatic heterocycles. The van der Waals surface area contributed by atoms with E-state index in [1.165, 1.54) is 0 Å². The largest absolute Gasteiger partial charge is 0.497 e. The molecule has 108 valence electrons. The summed E-state index contributed by atoms with van der Waals surface area (Å²) >= 11 is 0. The Bertz CT molecular complexity index is 622. The number of hydrogen-bond acceptors (Lipinski definition) is 5. The van der Waals surface area contributed by atoms with E-state index in [-0.39, 0.29) is 5.57 Å². The fourth-order valence-electron chi connectivity index (χ4n) is 2.47. The van der Waals surface area contributed by atoms with Crippen LogP contribution in [0.4, 0.5) is 0 Å². The van der Waals surface area contributed by atoms with Crippen molar-refractivity contribution in [2.45, 2.75) is 13.0 Å². The first-order chi connectivity index (χ1) is 10.2. The normalized spacial score (nSPS) is 14.4. The van der Waals surface area contributed by atoms with Crippen molar-refractivity contribution in [1.29, 1.82) is 10.5 Å². The molecule has 1 aromatic carbocycles. The lowest BCUT2D eigenvalue weighted by atomic mass is 10.1. The Morgan fingerprint density at radius 1 is 1.24 bits per heavy atom. The van der Waals surface area contributed by atoms with Gasteiger partial charge < -0.3 is 9.47 Å². The van der Waals surface area contributed by atoms with Gasteiger partial charge in [-0.25, -0.2) is 0 Å². The molecular weight excluding hydrogens is 266 g/mol. The molecule has 2 rings (SSSR count). The van der Waals surface area contributed by atoms with Crippen molar-refractivity contribution in [1.82, 2.24) is 4.90 Å². The highest BCUT2D eigenvalue weighted by Crippen LogP contribution is 2.28. The molecule has 1 aliphatic rings. The van der Waals surface area contributed by atoms with Crippen molar-refractivity contribution in [3.8, 4) is 23.6 Å². The first kappa shape index (κ1) is 14.9. The highest BCUT2D eigenvalue weighted by molar-refractivity contribution is 5.43. The van der Waals surface area contributed by atoms with Crippen molar-refractivity contribution in [2.24, 2.45) is 0 Å². The molecule has 1 aliphatic heterocycles. The van der Waals surface area contributed by atoms with E-state index in [4.69, 9.17) is 20.0 Å². The fourth-order valence-corrected chi connectivity index (χ4v) is 2.47. The summed E-state index contributed by atoms with van der Waals surface area (Å²) in [6.07, 6.45) is 0.773. The summed E-state index contributed by atoms with van der Waals surface area (Å²) in [6.45, 7) is 2.23. The Kier molecular flexibility index (Phi) is 4.81. The van der Waals surface area contributed by atoms with Crippen molar-refractivity contribution in [3.63, 3.8) is 0 Å². The highest BCUT2D eigenvalue weighted by Gasteiger charge is 2.21. The van der Waals surface area contributed by atoms with Gasteiger partial charge in [-0.3, -0.25) is 4.90 Å². The van der Waals surface area contributed by atoms with Gasteiger partial charge in [0.2, 0.25) is 0 Å². The minimum absolute atomic E-state index is 0.249. The lowest BCUT2D eigenvalue weighted by Gasteiger charge is -2.17. The van der Waals surface area contributed by atoms with Gasteiger partial charge in [0.25, 0.3) is 0 Å². The van der Waals surface area contributed by atoms with Crippen LogP contribution in [0, 0.1) is 22.7 Å². The van der Waals surface area contributed by atoms with Gasteiger partial charge in [0.15, 0.2) is 0 Å². The van der Waals surface area contributed by atoms with Crippen LogP contribution in [0.3, 0.4) is 0 Å². The summed E-state index contributed by atoms with van der Waals surface area (Å²) in [5.74, 6) is 1.54. The summed E-state index contributed by atoms with van der Waals surface area (Å²) in [6, 6.07) is 9.68. The Balaban J connectivity index is 2.13. The maximum Gasteiger partial charge on any atom is 0.130 e. The van der Waals surface area contributed by atoms with E-state index in [0.29, 0.717) is 6.54 Å². The zero-order valence-corrected chi connectivity index (χ0v) is 12.2. The number of nitriles is 2. The van der Waals surface area contributed by atoms with Crippen LogP contribution in [0.5, 0.6) is 11.5 Å². The SMILES string of the molecule is COc1ccc(CN2CCC(=C(C#N)C#N)C2)c(OC)c1. The van der Waals surface area contributed by atoms with E-state index in [1.807, 2.05) is 30.3 Å². The number of benzene rings is 1. The Morgan fingerprint density at radius 3 is 2.62 bits per heavy atom. The maximum atomic E-state index is 8.92. The van der Waals surface area contributed by atoms with Gasteiger partial charge in [-0.05, 0) is 18.1 Å². The van der Waals surface area contributed by atoms with Crippen molar-refractivity contribution in [3.05, 3.63) is 34.9 Å². The molecule has 0 aliphatic carbocycles. The van der Waals surface area contributed by atoms with Crippen LogP contribution in [0.1, 0.15) is 12.0 Å². The molecule has 1 saturated heterocycles. The van der Waals surface area contributed by atoms with Crippen LogP contribution < -0.4 is 9.47 Å². The molecule has 1 heterocycles. The predicted octanol–water partition coefficient (Wildman–Crippen LogP) is 2.25. The number of allylic oxidation sites excluding steroid dienone is 1. The monoisotopic (exact) mass is 283 g/mol. The van der Waals surface area contributed by atoms with Crippen molar-refractivity contribution in [2.75, 3.05) is 27.3 Å². The zero-order chi connectivity index (χ0) is 15.2. The molecule has 0 N–H and O–H groups in total. The number of nitrogens with zero attached hydrogens (tertiary/aromatic N) is 3. The molecular formula is C16H17N3O2. The third kappa shape index (κ3) is 3.34. The van der Waals surface area contributed by atoms with E-state index < -0.39 is 0 Å². The molecule has 0 bridgehead atoms. The minimum Gasteiger partial charge on any atom is -0.497 e. The first-order valence-electron chi connectivity index (χ1n) is 6.67. The molecule has 1 fully saturated rings. The first-order valence-corrected chi connectivity index (χ1v) is 6.67. The molecule has 21 heavy (non-hydrogen) atoms. The van der Waals surface area contributed by atoms with E-state index >= 15 is 0 Å². The van der Waals surface area contributed by atoms with Crippen LogP contribution in [-0.2, 0) is 6.54 Å². The smallest absolute Gasteiger partial charge is 0.130 e. The quantitative estimate of drug-likeness (QED) is 0.793. The molecule has 5 heteroatoms. The number of hydrogen-bond donors (Lipinski definition) is 0.